The van der Waals surface area contributed by atoms with E-state index in [4.69, 9.17) is 4.74 Å². The SMILES string of the molecule is CC(=O)O[C@@]1(C(=O)C(I)I)CCC2C3CCC4=CC(=O)CC[C@]4(C)C3CC[C@@]21C. The smallest absolute Gasteiger partial charge is 0.303 e. The summed E-state index contributed by atoms with van der Waals surface area (Å²) in [7, 11) is 0. The summed E-state index contributed by atoms with van der Waals surface area (Å²) in [5.41, 5.74) is 0.192. The van der Waals surface area contributed by atoms with Crippen LogP contribution >= 0.6 is 45.2 Å². The summed E-state index contributed by atoms with van der Waals surface area (Å²) in [6.45, 7) is 6.02. The zero-order chi connectivity index (χ0) is 21.2. The molecular weight excluding hydrogens is 594 g/mol. The van der Waals surface area contributed by atoms with Crippen LogP contribution in [-0.2, 0) is 19.1 Å². The number of rotatable bonds is 3. The molecule has 0 bridgehead atoms. The molecule has 0 N–H and O–H groups in total. The number of carbonyl (C=O) groups is 3. The van der Waals surface area contributed by atoms with Crippen LogP contribution in [0.25, 0.3) is 0 Å². The summed E-state index contributed by atoms with van der Waals surface area (Å²) in [5.74, 6) is 1.51. The predicted molar refractivity (Wildman–Crippen MR) is 128 cm³/mol. The first-order valence-electron chi connectivity index (χ1n) is 10.8. The largest absolute Gasteiger partial charge is 0.451 e. The van der Waals surface area contributed by atoms with Crippen molar-refractivity contribution in [1.82, 2.24) is 0 Å². The average molecular weight is 624 g/mol. The van der Waals surface area contributed by atoms with Gasteiger partial charge in [-0.2, -0.15) is 0 Å². The van der Waals surface area contributed by atoms with E-state index in [0.29, 0.717) is 30.6 Å². The van der Waals surface area contributed by atoms with Crippen LogP contribution in [0.5, 0.6) is 0 Å². The number of esters is 1. The highest BCUT2D eigenvalue weighted by Gasteiger charge is 2.69. The summed E-state index contributed by atoms with van der Waals surface area (Å²) in [4.78, 5) is 37.5. The van der Waals surface area contributed by atoms with Crippen LogP contribution in [0.4, 0.5) is 0 Å². The Bertz CT molecular complexity index is 790. The van der Waals surface area contributed by atoms with Crippen molar-refractivity contribution in [1.29, 1.82) is 0 Å². The van der Waals surface area contributed by atoms with Crippen molar-refractivity contribution in [3.8, 4) is 0 Å². The number of ketones is 2. The van der Waals surface area contributed by atoms with Crippen molar-refractivity contribution >= 4 is 62.7 Å². The van der Waals surface area contributed by atoms with Gasteiger partial charge in [0, 0.05) is 18.8 Å². The highest BCUT2D eigenvalue weighted by Crippen LogP contribution is 2.68. The van der Waals surface area contributed by atoms with Crippen LogP contribution < -0.4 is 0 Å². The van der Waals surface area contributed by atoms with Gasteiger partial charge in [0.25, 0.3) is 0 Å². The van der Waals surface area contributed by atoms with Crippen LogP contribution in [0.15, 0.2) is 11.6 Å². The molecule has 29 heavy (non-hydrogen) atoms. The highest BCUT2D eigenvalue weighted by atomic mass is 127. The second-order valence-electron chi connectivity index (χ2n) is 10.0. The molecule has 3 unspecified atom stereocenters. The molecule has 6 heteroatoms. The molecule has 6 atom stereocenters. The van der Waals surface area contributed by atoms with E-state index in [-0.39, 0.29) is 30.3 Å². The number of hydrogen-bond acceptors (Lipinski definition) is 4. The van der Waals surface area contributed by atoms with Gasteiger partial charge in [0.2, 0.25) is 0 Å². The summed E-state index contributed by atoms with van der Waals surface area (Å²) in [6.07, 6.45) is 9.18. The fraction of sp³-hybridized carbons (Fsp3) is 0.783. The van der Waals surface area contributed by atoms with Crippen LogP contribution in [0.3, 0.4) is 0 Å². The fourth-order valence-electron chi connectivity index (χ4n) is 7.60. The third-order valence-corrected chi connectivity index (χ3v) is 10.1. The van der Waals surface area contributed by atoms with Gasteiger partial charge in [-0.1, -0.05) is 64.6 Å². The Labute approximate surface area is 200 Å². The van der Waals surface area contributed by atoms with Crippen molar-refractivity contribution in [2.24, 2.45) is 28.6 Å². The lowest BCUT2D eigenvalue weighted by atomic mass is 9.46. The molecule has 0 spiro atoms. The molecule has 4 aliphatic carbocycles. The first kappa shape index (κ1) is 22.2. The zero-order valence-electron chi connectivity index (χ0n) is 17.4. The lowest BCUT2D eigenvalue weighted by Gasteiger charge is -2.59. The maximum Gasteiger partial charge on any atom is 0.303 e. The number of allylic oxidation sites excluding steroid dienone is 1. The fourth-order valence-corrected chi connectivity index (χ4v) is 8.61. The van der Waals surface area contributed by atoms with Crippen LogP contribution in [-0.4, -0.2) is 25.1 Å². The minimum absolute atomic E-state index is 0.0724. The zero-order valence-corrected chi connectivity index (χ0v) is 21.7. The van der Waals surface area contributed by atoms with Gasteiger partial charge in [-0.15, -0.1) is 0 Å². The molecule has 0 aromatic rings. The second kappa shape index (κ2) is 7.55. The molecule has 4 rings (SSSR count). The van der Waals surface area contributed by atoms with Gasteiger partial charge in [0.05, 0.1) is 0 Å². The molecule has 4 aliphatic rings. The van der Waals surface area contributed by atoms with Gasteiger partial charge < -0.3 is 4.74 Å². The van der Waals surface area contributed by atoms with E-state index < -0.39 is 5.60 Å². The van der Waals surface area contributed by atoms with E-state index in [1.165, 1.54) is 12.5 Å². The van der Waals surface area contributed by atoms with Gasteiger partial charge in [-0.25, -0.2) is 0 Å². The van der Waals surface area contributed by atoms with Crippen molar-refractivity contribution in [3.05, 3.63) is 11.6 Å². The highest BCUT2D eigenvalue weighted by molar-refractivity contribution is 14.2. The lowest BCUT2D eigenvalue weighted by Crippen LogP contribution is -2.60. The van der Waals surface area contributed by atoms with E-state index >= 15 is 0 Å². The summed E-state index contributed by atoms with van der Waals surface area (Å²) < 4.78 is 5.76. The monoisotopic (exact) mass is 624 g/mol. The maximum absolute atomic E-state index is 13.4. The molecule has 0 heterocycles. The van der Waals surface area contributed by atoms with E-state index in [1.54, 1.807) is 0 Å². The second-order valence-corrected chi connectivity index (χ2v) is 14.9. The third-order valence-electron chi connectivity index (χ3n) is 9.00. The number of hydrogen-bond donors (Lipinski definition) is 0. The molecular formula is C23H30I2O4. The van der Waals surface area contributed by atoms with Crippen LogP contribution in [0.1, 0.15) is 72.1 Å². The first-order valence-corrected chi connectivity index (χ1v) is 13.3. The molecule has 0 radical (unpaired) electrons. The van der Waals surface area contributed by atoms with E-state index in [9.17, 15) is 14.4 Å². The third kappa shape index (κ3) is 3.20. The molecule has 3 saturated carbocycles. The van der Waals surface area contributed by atoms with E-state index in [1.807, 2.05) is 6.08 Å². The normalized spacial score (nSPS) is 43.9. The van der Waals surface area contributed by atoms with Gasteiger partial charge in [0.15, 0.2) is 17.2 Å². The Morgan fingerprint density at radius 2 is 1.76 bits per heavy atom. The minimum atomic E-state index is -0.985. The van der Waals surface area contributed by atoms with Gasteiger partial charge in [-0.05, 0) is 74.2 Å². The summed E-state index contributed by atoms with van der Waals surface area (Å²) in [5, 5.41) is 0. The van der Waals surface area contributed by atoms with E-state index in [2.05, 4.69) is 59.0 Å². The lowest BCUT2D eigenvalue weighted by molar-refractivity contribution is -0.187. The minimum Gasteiger partial charge on any atom is -0.451 e. The molecule has 0 saturated heterocycles. The molecule has 0 aromatic carbocycles. The first-order chi connectivity index (χ1) is 13.5. The Morgan fingerprint density at radius 3 is 2.41 bits per heavy atom. The number of Topliss-reactive ketones (excluding diaryl/α,β-unsaturated/α-hetero) is 1. The number of alkyl halides is 2. The molecule has 160 valence electrons. The van der Waals surface area contributed by atoms with Gasteiger partial charge in [-0.3, -0.25) is 14.4 Å². The maximum atomic E-state index is 13.4. The Hall–Kier alpha value is 0.01000. The van der Waals surface area contributed by atoms with Crippen LogP contribution in [0.2, 0.25) is 0 Å². The number of halogens is 2. The average Bonchev–Trinajstić information content (AvgIpc) is 2.94. The standard InChI is InChI=1S/C23H30I2O4/c1-13(26)29-23(19(28)20(24)25)11-8-18-16-5-4-14-12-15(27)6-9-21(14,2)17(16)7-10-22(18,23)3/h12,16-18,20H,4-11H2,1-3H3/t16?,17?,18?,21-,22-,23+/m0/s1. The Morgan fingerprint density at radius 1 is 1.07 bits per heavy atom. The summed E-state index contributed by atoms with van der Waals surface area (Å²) >= 11 is 4.31. The number of fused-ring (bicyclic) bond motifs is 5. The number of carbonyl (C=O) groups excluding carboxylic acids is 3. The van der Waals surface area contributed by atoms with Gasteiger partial charge in [0.1, 0.15) is 1.93 Å². The van der Waals surface area contributed by atoms with Crippen molar-refractivity contribution in [3.63, 3.8) is 0 Å². The van der Waals surface area contributed by atoms with Crippen molar-refractivity contribution in [2.45, 2.75) is 79.7 Å². The molecule has 0 aromatic heterocycles. The van der Waals surface area contributed by atoms with Crippen molar-refractivity contribution in [2.75, 3.05) is 0 Å². The van der Waals surface area contributed by atoms with E-state index in [0.717, 1.165) is 38.5 Å². The Balaban J connectivity index is 1.71. The van der Waals surface area contributed by atoms with Gasteiger partial charge >= 0.3 is 5.97 Å². The molecule has 4 nitrogen and oxygen atoms in total. The topological polar surface area (TPSA) is 60.4 Å². The molecule has 0 aliphatic heterocycles. The predicted octanol–water partition coefficient (Wildman–Crippen LogP) is 5.59. The quantitative estimate of drug-likeness (QED) is 0.234. The molecule has 3 fully saturated rings. The summed E-state index contributed by atoms with van der Waals surface area (Å²) in [6, 6.07) is 0. The molecule has 0 amide bonds. The van der Waals surface area contributed by atoms with Crippen LogP contribution in [0, 0.1) is 28.6 Å². The van der Waals surface area contributed by atoms with Crippen molar-refractivity contribution < 1.29 is 19.1 Å². The Kier molecular flexibility index (Phi) is 5.79. The number of ether oxygens (including phenoxy) is 1.